The van der Waals surface area contributed by atoms with E-state index in [0.717, 1.165) is 18.4 Å². The van der Waals surface area contributed by atoms with Crippen molar-refractivity contribution in [1.82, 2.24) is 4.72 Å². The number of nitrogens with one attached hydrogen (secondary N) is 2. The predicted molar refractivity (Wildman–Crippen MR) is 113 cm³/mol. The van der Waals surface area contributed by atoms with Gasteiger partial charge in [-0.05, 0) is 49.1 Å². The number of carboxylic acids is 1. The fraction of sp³-hybridized carbons (Fsp3) is 0.364. The molecule has 160 valence electrons. The number of hydrogen-bond donors (Lipinski definition) is 3. The summed E-state index contributed by atoms with van der Waals surface area (Å²) in [5, 5.41) is 12.1. The summed E-state index contributed by atoms with van der Waals surface area (Å²) in [6.07, 6.45) is 3.26. The van der Waals surface area contributed by atoms with Crippen molar-refractivity contribution in [2.24, 2.45) is 11.8 Å². The topological polar surface area (TPSA) is 113 Å². The zero-order valence-corrected chi connectivity index (χ0v) is 17.4. The van der Waals surface area contributed by atoms with E-state index in [4.69, 9.17) is 0 Å². The van der Waals surface area contributed by atoms with Gasteiger partial charge in [-0.2, -0.15) is 0 Å². The molecule has 2 atom stereocenters. The summed E-state index contributed by atoms with van der Waals surface area (Å²) in [6, 6.07) is 15.5. The minimum Gasteiger partial charge on any atom is -0.481 e. The van der Waals surface area contributed by atoms with Gasteiger partial charge in [0, 0.05) is 12.2 Å². The van der Waals surface area contributed by atoms with Crippen molar-refractivity contribution in [3.63, 3.8) is 0 Å². The van der Waals surface area contributed by atoms with E-state index < -0.39 is 27.8 Å². The fourth-order valence-corrected chi connectivity index (χ4v) is 4.78. The van der Waals surface area contributed by atoms with Crippen molar-refractivity contribution in [2.45, 2.75) is 37.0 Å². The maximum absolute atomic E-state index is 12.5. The van der Waals surface area contributed by atoms with Crippen molar-refractivity contribution in [2.75, 3.05) is 11.9 Å². The molecule has 1 amide bonds. The van der Waals surface area contributed by atoms with Gasteiger partial charge in [-0.3, -0.25) is 9.59 Å². The molecule has 0 saturated heterocycles. The minimum absolute atomic E-state index is 0.106. The number of carboxylic acid groups (broad SMARTS) is 1. The molecule has 30 heavy (non-hydrogen) atoms. The summed E-state index contributed by atoms with van der Waals surface area (Å²) in [5.41, 5.74) is 1.48. The number of benzene rings is 2. The van der Waals surface area contributed by atoms with Crippen LogP contribution in [0, 0.1) is 11.8 Å². The van der Waals surface area contributed by atoms with Crippen LogP contribution in [0.4, 0.5) is 5.69 Å². The van der Waals surface area contributed by atoms with Gasteiger partial charge in [0.15, 0.2) is 0 Å². The standard InChI is InChI=1S/C22H26N2O5S/c25-21(19-8-4-5-9-20(19)22(26)27)24-17-10-12-18(13-11-17)30(28,29)23-15-14-16-6-2-1-3-7-16/h1-3,6-7,10-13,19-20,23H,4-5,8-9,14-15H2,(H,24,25)(H,26,27)/t19-,20-/m0/s1. The molecule has 1 fully saturated rings. The normalized spacial score (nSPS) is 19.2. The molecule has 0 spiro atoms. The van der Waals surface area contributed by atoms with E-state index in [2.05, 4.69) is 10.0 Å². The molecule has 3 N–H and O–H groups in total. The molecule has 0 aromatic heterocycles. The first-order valence-electron chi connectivity index (χ1n) is 10.0. The number of aliphatic carboxylic acids is 1. The first-order chi connectivity index (χ1) is 14.4. The number of carbonyl (C=O) groups is 2. The lowest BCUT2D eigenvalue weighted by molar-refractivity contribution is -0.147. The zero-order valence-electron chi connectivity index (χ0n) is 16.6. The van der Waals surface area contributed by atoms with Crippen molar-refractivity contribution in [1.29, 1.82) is 0 Å². The smallest absolute Gasteiger partial charge is 0.307 e. The van der Waals surface area contributed by atoms with E-state index in [1.165, 1.54) is 24.3 Å². The molecule has 2 aromatic carbocycles. The molecule has 2 aromatic rings. The molecule has 1 aliphatic rings. The van der Waals surface area contributed by atoms with E-state index >= 15 is 0 Å². The SMILES string of the molecule is O=C(O)[C@H]1CCCC[C@@H]1C(=O)Nc1ccc(S(=O)(=O)NCCc2ccccc2)cc1. The number of hydrogen-bond acceptors (Lipinski definition) is 4. The quantitative estimate of drug-likeness (QED) is 0.596. The first kappa shape index (κ1) is 22.0. The van der Waals surface area contributed by atoms with Gasteiger partial charge >= 0.3 is 5.97 Å². The van der Waals surface area contributed by atoms with Crippen LogP contribution in [0.1, 0.15) is 31.2 Å². The Bertz CT molecular complexity index is 974. The first-order valence-corrected chi connectivity index (χ1v) is 11.5. The van der Waals surface area contributed by atoms with Crippen LogP contribution in [0.2, 0.25) is 0 Å². The van der Waals surface area contributed by atoms with Crippen molar-refractivity contribution < 1.29 is 23.1 Å². The highest BCUT2D eigenvalue weighted by atomic mass is 32.2. The number of carbonyl (C=O) groups excluding carboxylic acids is 1. The van der Waals surface area contributed by atoms with Gasteiger partial charge in [0.05, 0.1) is 16.7 Å². The summed E-state index contributed by atoms with van der Waals surface area (Å²) in [6.45, 7) is 0.281. The summed E-state index contributed by atoms with van der Waals surface area (Å²) in [4.78, 5) is 24.0. The lowest BCUT2D eigenvalue weighted by atomic mass is 9.78. The van der Waals surface area contributed by atoms with Gasteiger partial charge in [0.1, 0.15) is 0 Å². The number of amides is 1. The molecule has 7 nitrogen and oxygen atoms in total. The van der Waals surface area contributed by atoms with Gasteiger partial charge in [0.25, 0.3) is 0 Å². The molecule has 8 heteroatoms. The summed E-state index contributed by atoms with van der Waals surface area (Å²) in [5.74, 6) is -2.52. The third kappa shape index (κ3) is 5.67. The minimum atomic E-state index is -3.66. The molecular weight excluding hydrogens is 404 g/mol. The predicted octanol–water partition coefficient (Wildman–Crippen LogP) is 3.04. The lowest BCUT2D eigenvalue weighted by Crippen LogP contribution is -2.36. The van der Waals surface area contributed by atoms with Crippen molar-refractivity contribution in [3.05, 3.63) is 60.2 Å². The highest BCUT2D eigenvalue weighted by Gasteiger charge is 2.35. The second kappa shape index (κ2) is 9.86. The number of rotatable bonds is 8. The summed E-state index contributed by atoms with van der Waals surface area (Å²) >= 11 is 0. The van der Waals surface area contributed by atoms with E-state index in [1.807, 2.05) is 30.3 Å². The van der Waals surface area contributed by atoms with E-state index in [1.54, 1.807) is 0 Å². The van der Waals surface area contributed by atoms with Crippen LogP contribution in [0.25, 0.3) is 0 Å². The zero-order chi connectivity index (χ0) is 21.6. The molecule has 0 bridgehead atoms. The van der Waals surface area contributed by atoms with Crippen molar-refractivity contribution in [3.8, 4) is 0 Å². The van der Waals surface area contributed by atoms with Crippen LogP contribution in [0.3, 0.4) is 0 Å². The van der Waals surface area contributed by atoms with E-state index in [0.29, 0.717) is 24.9 Å². The average Bonchev–Trinajstić information content (AvgIpc) is 2.74. The third-order valence-corrected chi connectivity index (χ3v) is 6.88. The molecule has 0 radical (unpaired) electrons. The van der Waals surface area contributed by atoms with Crippen LogP contribution in [-0.4, -0.2) is 31.9 Å². The van der Waals surface area contributed by atoms with Crippen LogP contribution in [-0.2, 0) is 26.0 Å². The Balaban J connectivity index is 1.58. The highest BCUT2D eigenvalue weighted by molar-refractivity contribution is 7.89. The largest absolute Gasteiger partial charge is 0.481 e. The maximum Gasteiger partial charge on any atom is 0.307 e. The summed E-state index contributed by atoms with van der Waals surface area (Å²) in [7, 11) is -3.66. The van der Waals surface area contributed by atoms with Gasteiger partial charge in [-0.15, -0.1) is 0 Å². The Morgan fingerprint density at radius 1 is 0.933 bits per heavy atom. The van der Waals surface area contributed by atoms with Gasteiger partial charge in [-0.25, -0.2) is 13.1 Å². The second-order valence-electron chi connectivity index (χ2n) is 7.48. The fourth-order valence-electron chi connectivity index (χ4n) is 3.75. The number of sulfonamides is 1. The van der Waals surface area contributed by atoms with Crippen LogP contribution in [0.5, 0.6) is 0 Å². The molecule has 0 aliphatic heterocycles. The van der Waals surface area contributed by atoms with E-state index in [9.17, 15) is 23.1 Å². The van der Waals surface area contributed by atoms with Crippen LogP contribution >= 0.6 is 0 Å². The Labute approximate surface area is 176 Å². The average molecular weight is 431 g/mol. The van der Waals surface area contributed by atoms with E-state index in [-0.39, 0.29) is 17.3 Å². The molecule has 0 unspecified atom stereocenters. The Kier molecular flexibility index (Phi) is 7.23. The molecule has 0 heterocycles. The Hall–Kier alpha value is -2.71. The molecule has 1 aliphatic carbocycles. The lowest BCUT2D eigenvalue weighted by Gasteiger charge is -2.27. The maximum atomic E-state index is 12.5. The van der Waals surface area contributed by atoms with Crippen LogP contribution in [0.15, 0.2) is 59.5 Å². The van der Waals surface area contributed by atoms with Gasteiger partial charge in [-0.1, -0.05) is 43.2 Å². The molecular formula is C22H26N2O5S. The highest BCUT2D eigenvalue weighted by Crippen LogP contribution is 2.31. The second-order valence-corrected chi connectivity index (χ2v) is 9.25. The Morgan fingerprint density at radius 2 is 1.57 bits per heavy atom. The Morgan fingerprint density at radius 3 is 2.20 bits per heavy atom. The monoisotopic (exact) mass is 430 g/mol. The molecule has 1 saturated carbocycles. The van der Waals surface area contributed by atoms with Crippen LogP contribution < -0.4 is 10.0 Å². The van der Waals surface area contributed by atoms with Gasteiger partial charge < -0.3 is 10.4 Å². The molecule has 3 rings (SSSR count). The summed E-state index contributed by atoms with van der Waals surface area (Å²) < 4.78 is 27.5. The number of anilines is 1. The van der Waals surface area contributed by atoms with Gasteiger partial charge in [0.2, 0.25) is 15.9 Å². The van der Waals surface area contributed by atoms with Crippen molar-refractivity contribution >= 4 is 27.6 Å². The third-order valence-electron chi connectivity index (χ3n) is 5.40.